The number of nitrogens with one attached hydrogen (secondary N) is 1. The van der Waals surface area contributed by atoms with Crippen molar-refractivity contribution in [3.63, 3.8) is 0 Å². The van der Waals surface area contributed by atoms with Crippen LogP contribution in [-0.2, 0) is 0 Å². The van der Waals surface area contributed by atoms with Crippen LogP contribution in [0, 0.1) is 0 Å². The first kappa shape index (κ1) is 12.3. The number of hydrazine groups is 1. The number of rotatable bonds is 4. The van der Waals surface area contributed by atoms with Gasteiger partial charge in [0, 0.05) is 12.4 Å². The van der Waals surface area contributed by atoms with Crippen LogP contribution in [-0.4, -0.2) is 4.98 Å². The van der Waals surface area contributed by atoms with Crippen molar-refractivity contribution in [1.29, 1.82) is 0 Å². The average Bonchev–Trinajstić information content (AvgIpc) is 2.41. The van der Waals surface area contributed by atoms with E-state index in [1.165, 1.54) is 30.4 Å². The minimum Gasteiger partial charge on any atom is -0.271 e. The highest BCUT2D eigenvalue weighted by Crippen LogP contribution is 2.36. The van der Waals surface area contributed by atoms with E-state index < -0.39 is 0 Å². The summed E-state index contributed by atoms with van der Waals surface area (Å²) in [7, 11) is 0. The molecule has 1 aliphatic carbocycles. The summed E-state index contributed by atoms with van der Waals surface area (Å²) in [6.45, 7) is 0. The van der Waals surface area contributed by atoms with Gasteiger partial charge >= 0.3 is 0 Å². The predicted molar refractivity (Wildman–Crippen MR) is 76.4 cm³/mol. The lowest BCUT2D eigenvalue weighted by atomic mass is 9.79. The van der Waals surface area contributed by atoms with Crippen LogP contribution in [0.15, 0.2) is 48.8 Å². The number of hydrogen-bond donors (Lipinski definition) is 2. The largest absolute Gasteiger partial charge is 0.271 e. The normalized spacial score (nSPS) is 16.9. The van der Waals surface area contributed by atoms with Gasteiger partial charge in [0.15, 0.2) is 0 Å². The van der Waals surface area contributed by atoms with Gasteiger partial charge in [0.2, 0.25) is 0 Å². The van der Waals surface area contributed by atoms with Gasteiger partial charge in [0.05, 0.1) is 6.04 Å². The van der Waals surface area contributed by atoms with Crippen LogP contribution in [0.5, 0.6) is 0 Å². The maximum absolute atomic E-state index is 5.70. The Morgan fingerprint density at radius 1 is 1.00 bits per heavy atom. The summed E-state index contributed by atoms with van der Waals surface area (Å²) in [5.74, 6) is 6.48. The SMILES string of the molecule is NNC(c1ccncc1)c1ccc(C2CCC2)cc1. The molecule has 1 unspecified atom stereocenters. The molecular weight excluding hydrogens is 234 g/mol. The highest BCUT2D eigenvalue weighted by atomic mass is 15.2. The fourth-order valence-corrected chi connectivity index (χ4v) is 2.64. The Morgan fingerprint density at radius 3 is 2.16 bits per heavy atom. The van der Waals surface area contributed by atoms with Crippen molar-refractivity contribution in [2.45, 2.75) is 31.2 Å². The first-order chi connectivity index (χ1) is 9.38. The molecule has 19 heavy (non-hydrogen) atoms. The standard InChI is InChI=1S/C16H19N3/c17-19-16(15-8-10-18-11-9-15)14-6-4-13(5-7-14)12-2-1-3-12/h4-12,16,19H,1-3,17H2. The molecule has 1 atom stereocenters. The molecule has 3 N–H and O–H groups in total. The number of nitrogens with two attached hydrogens (primary N) is 1. The van der Waals surface area contributed by atoms with Gasteiger partial charge in [0.25, 0.3) is 0 Å². The van der Waals surface area contributed by atoms with Crippen LogP contribution >= 0.6 is 0 Å². The zero-order valence-electron chi connectivity index (χ0n) is 10.9. The molecule has 1 aromatic carbocycles. The monoisotopic (exact) mass is 253 g/mol. The molecule has 1 fully saturated rings. The second-order valence-electron chi connectivity index (χ2n) is 5.17. The van der Waals surface area contributed by atoms with E-state index in [1.54, 1.807) is 12.4 Å². The second kappa shape index (κ2) is 5.51. The van der Waals surface area contributed by atoms with E-state index in [1.807, 2.05) is 12.1 Å². The van der Waals surface area contributed by atoms with Gasteiger partial charge in [-0.2, -0.15) is 0 Å². The molecule has 1 aromatic heterocycles. The van der Waals surface area contributed by atoms with E-state index in [9.17, 15) is 0 Å². The molecule has 3 rings (SSSR count). The smallest absolute Gasteiger partial charge is 0.0711 e. The molecule has 3 heteroatoms. The molecular formula is C16H19N3. The summed E-state index contributed by atoms with van der Waals surface area (Å²) in [6, 6.07) is 12.8. The third kappa shape index (κ3) is 2.53. The predicted octanol–water partition coefficient (Wildman–Crippen LogP) is 2.90. The van der Waals surface area contributed by atoms with Gasteiger partial charge in [0.1, 0.15) is 0 Å². The molecule has 0 aliphatic heterocycles. The lowest BCUT2D eigenvalue weighted by Crippen LogP contribution is -2.28. The Hall–Kier alpha value is -1.71. The molecule has 0 bridgehead atoms. The molecule has 1 saturated carbocycles. The van der Waals surface area contributed by atoms with Crippen molar-refractivity contribution in [1.82, 2.24) is 10.4 Å². The van der Waals surface area contributed by atoms with Crippen LogP contribution in [0.1, 0.15) is 47.9 Å². The first-order valence-electron chi connectivity index (χ1n) is 6.84. The van der Waals surface area contributed by atoms with Gasteiger partial charge in [-0.1, -0.05) is 30.7 Å². The van der Waals surface area contributed by atoms with Crippen LogP contribution in [0.2, 0.25) is 0 Å². The highest BCUT2D eigenvalue weighted by Gasteiger charge is 2.19. The molecule has 0 saturated heterocycles. The van der Waals surface area contributed by atoms with Crippen molar-refractivity contribution in [3.05, 3.63) is 65.5 Å². The van der Waals surface area contributed by atoms with Crippen LogP contribution in [0.4, 0.5) is 0 Å². The molecule has 0 radical (unpaired) electrons. The van der Waals surface area contributed by atoms with Crippen molar-refractivity contribution in [2.75, 3.05) is 0 Å². The molecule has 3 nitrogen and oxygen atoms in total. The van der Waals surface area contributed by atoms with E-state index in [2.05, 4.69) is 34.7 Å². The van der Waals surface area contributed by atoms with Gasteiger partial charge in [-0.3, -0.25) is 10.8 Å². The number of hydrogen-bond acceptors (Lipinski definition) is 3. The van der Waals surface area contributed by atoms with Gasteiger partial charge in [-0.15, -0.1) is 0 Å². The molecule has 0 spiro atoms. The summed E-state index contributed by atoms with van der Waals surface area (Å²) >= 11 is 0. The Labute approximate surface area is 113 Å². The Balaban J connectivity index is 1.83. The van der Waals surface area contributed by atoms with E-state index in [4.69, 9.17) is 5.84 Å². The van der Waals surface area contributed by atoms with Gasteiger partial charge in [-0.05, 0) is 47.6 Å². The van der Waals surface area contributed by atoms with Crippen LogP contribution in [0.25, 0.3) is 0 Å². The average molecular weight is 253 g/mol. The lowest BCUT2D eigenvalue weighted by molar-refractivity contribution is 0.419. The van der Waals surface area contributed by atoms with E-state index in [0.717, 1.165) is 11.5 Å². The Morgan fingerprint density at radius 2 is 1.63 bits per heavy atom. The fourth-order valence-electron chi connectivity index (χ4n) is 2.64. The molecule has 0 amide bonds. The second-order valence-corrected chi connectivity index (χ2v) is 5.17. The Kier molecular flexibility index (Phi) is 3.58. The Bertz CT molecular complexity index is 517. The van der Waals surface area contributed by atoms with E-state index >= 15 is 0 Å². The number of benzene rings is 1. The van der Waals surface area contributed by atoms with E-state index in [-0.39, 0.29) is 6.04 Å². The minimum atomic E-state index is 0.0263. The molecule has 2 aromatic rings. The maximum atomic E-state index is 5.70. The van der Waals surface area contributed by atoms with Crippen molar-refractivity contribution in [2.24, 2.45) is 5.84 Å². The zero-order valence-corrected chi connectivity index (χ0v) is 10.9. The molecule has 98 valence electrons. The summed E-state index contributed by atoms with van der Waals surface area (Å²) in [5.41, 5.74) is 6.67. The zero-order chi connectivity index (χ0) is 13.1. The number of nitrogens with zero attached hydrogens (tertiary/aromatic N) is 1. The molecule has 1 aliphatic rings. The van der Waals surface area contributed by atoms with Gasteiger partial charge < -0.3 is 0 Å². The lowest BCUT2D eigenvalue weighted by Gasteiger charge is -2.26. The number of aromatic nitrogens is 1. The highest BCUT2D eigenvalue weighted by molar-refractivity contribution is 5.34. The summed E-state index contributed by atoms with van der Waals surface area (Å²) in [4.78, 5) is 4.04. The van der Waals surface area contributed by atoms with Crippen LogP contribution in [0.3, 0.4) is 0 Å². The number of pyridine rings is 1. The summed E-state index contributed by atoms with van der Waals surface area (Å²) < 4.78 is 0. The third-order valence-corrected chi connectivity index (χ3v) is 4.05. The topological polar surface area (TPSA) is 50.9 Å². The van der Waals surface area contributed by atoms with Crippen molar-refractivity contribution in [3.8, 4) is 0 Å². The van der Waals surface area contributed by atoms with Crippen molar-refractivity contribution >= 4 is 0 Å². The first-order valence-corrected chi connectivity index (χ1v) is 6.84. The maximum Gasteiger partial charge on any atom is 0.0711 e. The van der Waals surface area contributed by atoms with Gasteiger partial charge in [-0.25, -0.2) is 5.43 Å². The fraction of sp³-hybridized carbons (Fsp3) is 0.312. The minimum absolute atomic E-state index is 0.0263. The van der Waals surface area contributed by atoms with E-state index in [0.29, 0.717) is 0 Å². The van der Waals surface area contributed by atoms with Crippen molar-refractivity contribution < 1.29 is 0 Å². The quantitative estimate of drug-likeness (QED) is 0.650. The summed E-state index contributed by atoms with van der Waals surface area (Å²) in [6.07, 6.45) is 7.63. The summed E-state index contributed by atoms with van der Waals surface area (Å²) in [5, 5.41) is 0. The molecule has 1 heterocycles. The van der Waals surface area contributed by atoms with Crippen LogP contribution < -0.4 is 11.3 Å². The third-order valence-electron chi connectivity index (χ3n) is 4.05.